The number of ether oxygens (including phenoxy) is 2. The minimum atomic E-state index is 0.00705. The largest absolute Gasteiger partial charge is 0.385 e. The highest BCUT2D eigenvalue weighted by atomic mass is 16.5. The minimum absolute atomic E-state index is 0.00705. The lowest BCUT2D eigenvalue weighted by molar-refractivity contribution is -0.118. The smallest absolute Gasteiger partial charge is 0.216 e. The van der Waals surface area contributed by atoms with Gasteiger partial charge in [-0.15, -0.1) is 0 Å². The van der Waals surface area contributed by atoms with Gasteiger partial charge in [-0.3, -0.25) is 4.79 Å². The summed E-state index contributed by atoms with van der Waals surface area (Å²) in [4.78, 5) is 10.5. The number of carbonyl (C=O) groups is 1. The molecule has 0 aliphatic carbocycles. The summed E-state index contributed by atoms with van der Waals surface area (Å²) in [7, 11) is 1.68. The Morgan fingerprint density at radius 3 is 2.60 bits per heavy atom. The Kier molecular flexibility index (Phi) is 10.9. The van der Waals surface area contributed by atoms with Crippen LogP contribution in [-0.4, -0.2) is 52.5 Å². The summed E-state index contributed by atoms with van der Waals surface area (Å²) in [5.41, 5.74) is 0. The van der Waals surface area contributed by atoms with Crippen LogP contribution in [0.1, 0.15) is 13.3 Å². The van der Waals surface area contributed by atoms with Crippen molar-refractivity contribution in [2.45, 2.75) is 13.3 Å². The molecular formula is C10H22N2O3. The second-order valence-corrected chi connectivity index (χ2v) is 3.19. The number of hydrogen-bond donors (Lipinski definition) is 2. The maximum atomic E-state index is 10.5. The maximum Gasteiger partial charge on any atom is 0.216 e. The van der Waals surface area contributed by atoms with Crippen molar-refractivity contribution < 1.29 is 14.3 Å². The van der Waals surface area contributed by atoms with Gasteiger partial charge in [0.25, 0.3) is 0 Å². The van der Waals surface area contributed by atoms with Crippen LogP contribution >= 0.6 is 0 Å². The molecule has 0 saturated heterocycles. The SMILES string of the molecule is COCCCOCCNCCNC(C)=O. The van der Waals surface area contributed by atoms with E-state index < -0.39 is 0 Å². The molecule has 0 aromatic carbocycles. The van der Waals surface area contributed by atoms with Gasteiger partial charge in [-0.2, -0.15) is 0 Å². The standard InChI is InChI=1S/C10H22N2O3/c1-10(13)12-5-4-11-6-9-15-8-3-7-14-2/h11H,3-9H2,1-2H3,(H,12,13). The maximum absolute atomic E-state index is 10.5. The average molecular weight is 218 g/mol. The minimum Gasteiger partial charge on any atom is -0.385 e. The molecule has 15 heavy (non-hydrogen) atoms. The molecule has 0 aliphatic heterocycles. The summed E-state index contributed by atoms with van der Waals surface area (Å²) in [5.74, 6) is 0.00705. The third kappa shape index (κ3) is 13.3. The lowest BCUT2D eigenvalue weighted by Gasteiger charge is -2.06. The molecule has 0 rings (SSSR count). The van der Waals surface area contributed by atoms with Crippen molar-refractivity contribution in [3.63, 3.8) is 0 Å². The van der Waals surface area contributed by atoms with Crippen LogP contribution in [0.15, 0.2) is 0 Å². The molecule has 0 spiro atoms. The number of hydrogen-bond acceptors (Lipinski definition) is 4. The topological polar surface area (TPSA) is 59.6 Å². The first kappa shape index (κ1) is 14.3. The predicted molar refractivity (Wildman–Crippen MR) is 58.9 cm³/mol. The fraction of sp³-hybridized carbons (Fsp3) is 0.900. The van der Waals surface area contributed by atoms with E-state index in [0.29, 0.717) is 13.2 Å². The number of carbonyl (C=O) groups excluding carboxylic acids is 1. The van der Waals surface area contributed by atoms with Gasteiger partial charge in [-0.05, 0) is 6.42 Å². The molecule has 0 fully saturated rings. The van der Waals surface area contributed by atoms with Crippen LogP contribution in [0.2, 0.25) is 0 Å². The molecule has 0 aliphatic rings. The van der Waals surface area contributed by atoms with Crippen molar-refractivity contribution >= 4 is 5.91 Å². The molecule has 0 saturated carbocycles. The van der Waals surface area contributed by atoms with Crippen LogP contribution in [0.4, 0.5) is 0 Å². The Bertz CT molecular complexity index is 154. The monoisotopic (exact) mass is 218 g/mol. The van der Waals surface area contributed by atoms with Crippen molar-refractivity contribution in [3.05, 3.63) is 0 Å². The van der Waals surface area contributed by atoms with Crippen LogP contribution in [0.3, 0.4) is 0 Å². The zero-order chi connectivity index (χ0) is 11.4. The summed E-state index contributed by atoms with van der Waals surface area (Å²) in [6, 6.07) is 0. The summed E-state index contributed by atoms with van der Waals surface area (Å²) >= 11 is 0. The predicted octanol–water partition coefficient (Wildman–Crippen LogP) is -0.235. The van der Waals surface area contributed by atoms with E-state index in [1.807, 2.05) is 0 Å². The molecule has 90 valence electrons. The summed E-state index contributed by atoms with van der Waals surface area (Å²) in [5, 5.41) is 5.87. The van der Waals surface area contributed by atoms with Crippen molar-refractivity contribution in [2.24, 2.45) is 0 Å². The van der Waals surface area contributed by atoms with E-state index in [-0.39, 0.29) is 5.91 Å². The molecule has 1 amide bonds. The van der Waals surface area contributed by atoms with Crippen molar-refractivity contribution in [2.75, 3.05) is 46.6 Å². The molecule has 0 aromatic rings. The van der Waals surface area contributed by atoms with E-state index in [0.717, 1.165) is 32.7 Å². The van der Waals surface area contributed by atoms with Crippen molar-refractivity contribution in [1.29, 1.82) is 0 Å². The van der Waals surface area contributed by atoms with Gasteiger partial charge in [0.05, 0.1) is 6.61 Å². The van der Waals surface area contributed by atoms with Gasteiger partial charge in [0, 0.05) is 46.9 Å². The quantitative estimate of drug-likeness (QED) is 0.497. The zero-order valence-electron chi connectivity index (χ0n) is 9.67. The lowest BCUT2D eigenvalue weighted by atomic mass is 10.5. The average Bonchev–Trinajstić information content (AvgIpc) is 2.20. The highest BCUT2D eigenvalue weighted by Crippen LogP contribution is 1.82. The third-order valence-corrected chi connectivity index (χ3v) is 1.74. The molecule has 0 unspecified atom stereocenters. The fourth-order valence-corrected chi connectivity index (χ4v) is 1.00. The second-order valence-electron chi connectivity index (χ2n) is 3.19. The van der Waals surface area contributed by atoms with Gasteiger partial charge in [-0.1, -0.05) is 0 Å². The van der Waals surface area contributed by atoms with E-state index in [2.05, 4.69) is 10.6 Å². The van der Waals surface area contributed by atoms with Crippen molar-refractivity contribution in [3.8, 4) is 0 Å². The molecule has 0 heterocycles. The first-order valence-electron chi connectivity index (χ1n) is 5.29. The number of rotatable bonds is 10. The van der Waals surface area contributed by atoms with Crippen LogP contribution in [-0.2, 0) is 14.3 Å². The number of nitrogens with one attached hydrogen (secondary N) is 2. The van der Waals surface area contributed by atoms with E-state index >= 15 is 0 Å². The van der Waals surface area contributed by atoms with E-state index in [1.165, 1.54) is 6.92 Å². The molecule has 0 radical (unpaired) electrons. The van der Waals surface area contributed by atoms with Gasteiger partial charge in [0.1, 0.15) is 0 Å². The highest BCUT2D eigenvalue weighted by Gasteiger charge is 1.91. The van der Waals surface area contributed by atoms with E-state index in [9.17, 15) is 4.79 Å². The first-order chi connectivity index (χ1) is 7.27. The molecule has 0 bridgehead atoms. The lowest BCUT2D eigenvalue weighted by Crippen LogP contribution is -2.31. The second kappa shape index (κ2) is 11.4. The molecule has 0 aromatic heterocycles. The molecule has 0 atom stereocenters. The Balaban J connectivity index is 2.89. The Labute approximate surface area is 91.5 Å². The molecule has 5 nitrogen and oxygen atoms in total. The number of methoxy groups -OCH3 is 1. The Morgan fingerprint density at radius 1 is 1.13 bits per heavy atom. The zero-order valence-corrected chi connectivity index (χ0v) is 9.67. The van der Waals surface area contributed by atoms with Crippen LogP contribution < -0.4 is 10.6 Å². The normalized spacial score (nSPS) is 10.3. The van der Waals surface area contributed by atoms with Gasteiger partial charge < -0.3 is 20.1 Å². The van der Waals surface area contributed by atoms with Gasteiger partial charge in [0.15, 0.2) is 0 Å². The Morgan fingerprint density at radius 2 is 1.93 bits per heavy atom. The molecule has 5 heteroatoms. The molecular weight excluding hydrogens is 196 g/mol. The first-order valence-corrected chi connectivity index (χ1v) is 5.29. The van der Waals surface area contributed by atoms with Crippen LogP contribution in [0, 0.1) is 0 Å². The fourth-order valence-electron chi connectivity index (χ4n) is 1.00. The number of amides is 1. The van der Waals surface area contributed by atoms with Crippen LogP contribution in [0.5, 0.6) is 0 Å². The molecule has 2 N–H and O–H groups in total. The van der Waals surface area contributed by atoms with E-state index in [1.54, 1.807) is 7.11 Å². The summed E-state index contributed by atoms with van der Waals surface area (Å²) in [6.07, 6.45) is 0.933. The van der Waals surface area contributed by atoms with Gasteiger partial charge in [0.2, 0.25) is 5.91 Å². The summed E-state index contributed by atoms with van der Waals surface area (Å²) in [6.45, 7) is 5.95. The summed E-state index contributed by atoms with van der Waals surface area (Å²) < 4.78 is 10.2. The van der Waals surface area contributed by atoms with E-state index in [4.69, 9.17) is 9.47 Å². The van der Waals surface area contributed by atoms with Crippen molar-refractivity contribution in [1.82, 2.24) is 10.6 Å². The van der Waals surface area contributed by atoms with Gasteiger partial charge >= 0.3 is 0 Å². The third-order valence-electron chi connectivity index (χ3n) is 1.74. The highest BCUT2D eigenvalue weighted by molar-refractivity contribution is 5.72. The van der Waals surface area contributed by atoms with Crippen LogP contribution in [0.25, 0.3) is 0 Å². The Hall–Kier alpha value is -0.650. The van der Waals surface area contributed by atoms with Gasteiger partial charge in [-0.25, -0.2) is 0 Å².